The fourth-order valence-electron chi connectivity index (χ4n) is 4.66. The highest BCUT2D eigenvalue weighted by molar-refractivity contribution is 5.72. The molecule has 0 amide bonds. The van der Waals surface area contributed by atoms with Crippen LogP contribution in [0.2, 0.25) is 0 Å². The van der Waals surface area contributed by atoms with Gasteiger partial charge in [-0.1, -0.05) is 0 Å². The molecule has 190 valence electrons. The number of benzene rings is 2. The number of ether oxygens (including phenoxy) is 3. The van der Waals surface area contributed by atoms with Gasteiger partial charge in [0.1, 0.15) is 11.6 Å². The minimum atomic E-state index is 0.553. The number of hydrogen-bond donors (Lipinski definition) is 1. The predicted molar refractivity (Wildman–Crippen MR) is 144 cm³/mol. The first-order valence-corrected chi connectivity index (χ1v) is 12.4. The number of methoxy groups -OCH3 is 1. The monoisotopic (exact) mass is 490 g/mol. The molecule has 3 heterocycles. The van der Waals surface area contributed by atoms with Gasteiger partial charge in [-0.2, -0.15) is 4.98 Å². The van der Waals surface area contributed by atoms with Gasteiger partial charge in [-0.3, -0.25) is 0 Å². The van der Waals surface area contributed by atoms with Gasteiger partial charge in [-0.25, -0.2) is 4.98 Å². The molecule has 9 heteroatoms. The summed E-state index contributed by atoms with van der Waals surface area (Å²) in [6, 6.07) is 14.5. The summed E-state index contributed by atoms with van der Waals surface area (Å²) in [5.41, 5.74) is 5.47. The van der Waals surface area contributed by atoms with Crippen LogP contribution in [0.5, 0.6) is 5.75 Å². The van der Waals surface area contributed by atoms with E-state index in [4.69, 9.17) is 19.2 Å². The van der Waals surface area contributed by atoms with Crippen LogP contribution in [-0.4, -0.2) is 76.7 Å². The second-order valence-corrected chi connectivity index (χ2v) is 9.01. The molecule has 0 atom stereocenters. The molecule has 1 aromatic heterocycles. The highest BCUT2D eigenvalue weighted by Gasteiger charge is 2.18. The Morgan fingerprint density at radius 1 is 0.889 bits per heavy atom. The van der Waals surface area contributed by atoms with Gasteiger partial charge in [0.05, 0.1) is 33.5 Å². The SMILES string of the molecule is COc1ccc(N(C)c2ccnc(Nc3cc(N4CCOCC4)cc(N4CCOCC4)c3)n2)c(C)c1. The van der Waals surface area contributed by atoms with Crippen LogP contribution in [0, 0.1) is 6.92 Å². The van der Waals surface area contributed by atoms with Crippen molar-refractivity contribution < 1.29 is 14.2 Å². The summed E-state index contributed by atoms with van der Waals surface area (Å²) in [4.78, 5) is 16.1. The van der Waals surface area contributed by atoms with Gasteiger partial charge >= 0.3 is 0 Å². The molecule has 3 aromatic rings. The first-order chi connectivity index (χ1) is 17.6. The topological polar surface area (TPSA) is 75.2 Å². The quantitative estimate of drug-likeness (QED) is 0.529. The van der Waals surface area contributed by atoms with Crippen molar-refractivity contribution in [3.63, 3.8) is 0 Å². The van der Waals surface area contributed by atoms with Crippen LogP contribution in [-0.2, 0) is 9.47 Å². The predicted octanol–water partition coefficient (Wildman–Crippen LogP) is 3.98. The lowest BCUT2D eigenvalue weighted by molar-refractivity contribution is 0.122. The molecule has 1 N–H and O–H groups in total. The van der Waals surface area contributed by atoms with E-state index in [2.05, 4.69) is 50.1 Å². The Bertz CT molecular complexity index is 1140. The van der Waals surface area contributed by atoms with Crippen molar-refractivity contribution in [1.82, 2.24) is 9.97 Å². The Kier molecular flexibility index (Phi) is 7.39. The third-order valence-corrected chi connectivity index (χ3v) is 6.66. The normalized spacial score (nSPS) is 16.1. The maximum atomic E-state index is 5.57. The highest BCUT2D eigenvalue weighted by atomic mass is 16.5. The molecule has 36 heavy (non-hydrogen) atoms. The molecule has 0 aliphatic carbocycles. The van der Waals surface area contributed by atoms with Crippen LogP contribution < -0.4 is 24.8 Å². The van der Waals surface area contributed by atoms with Gasteiger partial charge in [-0.15, -0.1) is 0 Å². The molecule has 2 aliphatic heterocycles. The van der Waals surface area contributed by atoms with E-state index in [0.717, 1.165) is 81.1 Å². The molecular weight excluding hydrogens is 456 g/mol. The Morgan fingerprint density at radius 2 is 1.53 bits per heavy atom. The average Bonchev–Trinajstić information content (AvgIpc) is 2.93. The van der Waals surface area contributed by atoms with Gasteiger partial charge in [-0.05, 0) is 55.0 Å². The van der Waals surface area contributed by atoms with Gasteiger partial charge in [0.15, 0.2) is 0 Å². The molecule has 0 unspecified atom stereocenters. The first-order valence-electron chi connectivity index (χ1n) is 12.4. The van der Waals surface area contributed by atoms with Crippen molar-refractivity contribution in [1.29, 1.82) is 0 Å². The summed E-state index contributed by atoms with van der Waals surface area (Å²) in [5, 5.41) is 3.46. The third-order valence-electron chi connectivity index (χ3n) is 6.66. The summed E-state index contributed by atoms with van der Waals surface area (Å²) in [5.74, 6) is 2.20. The first kappa shape index (κ1) is 24.1. The van der Waals surface area contributed by atoms with E-state index < -0.39 is 0 Å². The van der Waals surface area contributed by atoms with E-state index in [1.54, 1.807) is 13.3 Å². The number of nitrogens with zero attached hydrogens (tertiary/aromatic N) is 5. The molecule has 0 radical (unpaired) electrons. The average molecular weight is 491 g/mol. The molecular formula is C27H34N6O3. The summed E-state index contributed by atoms with van der Waals surface area (Å²) in [6.07, 6.45) is 1.79. The van der Waals surface area contributed by atoms with Gasteiger partial charge < -0.3 is 34.2 Å². The Balaban J connectivity index is 1.41. The van der Waals surface area contributed by atoms with E-state index in [1.165, 1.54) is 11.4 Å². The van der Waals surface area contributed by atoms with Crippen LogP contribution in [0.1, 0.15) is 5.56 Å². The number of morpholine rings is 2. The lowest BCUT2D eigenvalue weighted by Crippen LogP contribution is -2.38. The molecule has 2 fully saturated rings. The minimum absolute atomic E-state index is 0.553. The summed E-state index contributed by atoms with van der Waals surface area (Å²) in [7, 11) is 3.69. The van der Waals surface area contributed by atoms with Crippen LogP contribution in [0.3, 0.4) is 0 Å². The van der Waals surface area contributed by atoms with Crippen molar-refractivity contribution in [3.8, 4) is 5.75 Å². The van der Waals surface area contributed by atoms with E-state index in [0.29, 0.717) is 5.95 Å². The summed E-state index contributed by atoms with van der Waals surface area (Å²) >= 11 is 0. The molecule has 0 saturated carbocycles. The molecule has 5 rings (SSSR count). The molecule has 0 bridgehead atoms. The molecule has 2 aromatic carbocycles. The number of rotatable bonds is 7. The standard InChI is InChI=1S/C27H34N6O3/c1-20-16-24(34-3)4-5-25(20)31(2)26-6-7-28-27(30-26)29-21-17-22(32-8-12-35-13-9-32)19-23(18-21)33-10-14-36-15-11-33/h4-7,16-19H,8-15H2,1-3H3,(H,28,29,30). The zero-order valence-corrected chi connectivity index (χ0v) is 21.2. The number of aromatic nitrogens is 2. The fourth-order valence-corrected chi connectivity index (χ4v) is 4.66. The Hall–Kier alpha value is -3.56. The van der Waals surface area contributed by atoms with E-state index in [1.807, 2.05) is 31.3 Å². The van der Waals surface area contributed by atoms with Crippen LogP contribution in [0.15, 0.2) is 48.7 Å². The van der Waals surface area contributed by atoms with E-state index in [-0.39, 0.29) is 0 Å². The van der Waals surface area contributed by atoms with Crippen molar-refractivity contribution in [2.24, 2.45) is 0 Å². The fraction of sp³-hybridized carbons (Fsp3) is 0.407. The number of aryl methyl sites for hydroxylation is 1. The molecule has 2 saturated heterocycles. The largest absolute Gasteiger partial charge is 0.497 e. The molecule has 9 nitrogen and oxygen atoms in total. The minimum Gasteiger partial charge on any atom is -0.497 e. The van der Waals surface area contributed by atoms with Crippen molar-refractivity contribution >= 4 is 34.5 Å². The lowest BCUT2D eigenvalue weighted by Gasteiger charge is -2.33. The molecule has 2 aliphatic rings. The van der Waals surface area contributed by atoms with Crippen molar-refractivity contribution in [2.45, 2.75) is 6.92 Å². The number of hydrogen-bond acceptors (Lipinski definition) is 9. The van der Waals surface area contributed by atoms with Gasteiger partial charge in [0.25, 0.3) is 0 Å². The number of nitrogens with one attached hydrogen (secondary N) is 1. The molecule has 0 spiro atoms. The summed E-state index contributed by atoms with van der Waals surface area (Å²) in [6.45, 7) is 8.56. The van der Waals surface area contributed by atoms with Crippen LogP contribution in [0.4, 0.5) is 34.5 Å². The van der Waals surface area contributed by atoms with E-state index in [9.17, 15) is 0 Å². The summed E-state index contributed by atoms with van der Waals surface area (Å²) < 4.78 is 16.5. The van der Waals surface area contributed by atoms with E-state index >= 15 is 0 Å². The number of anilines is 6. The Morgan fingerprint density at radius 3 is 2.11 bits per heavy atom. The van der Waals surface area contributed by atoms with Gasteiger partial charge in [0.2, 0.25) is 5.95 Å². The van der Waals surface area contributed by atoms with Crippen molar-refractivity contribution in [2.75, 3.05) is 86.8 Å². The zero-order chi connectivity index (χ0) is 24.9. The Labute approximate surface area is 212 Å². The highest BCUT2D eigenvalue weighted by Crippen LogP contribution is 2.32. The smallest absolute Gasteiger partial charge is 0.229 e. The second-order valence-electron chi connectivity index (χ2n) is 9.01. The zero-order valence-electron chi connectivity index (χ0n) is 21.2. The maximum Gasteiger partial charge on any atom is 0.229 e. The van der Waals surface area contributed by atoms with Crippen LogP contribution >= 0.6 is 0 Å². The third kappa shape index (κ3) is 5.47. The van der Waals surface area contributed by atoms with Crippen LogP contribution in [0.25, 0.3) is 0 Å². The van der Waals surface area contributed by atoms with Gasteiger partial charge in [0, 0.05) is 62.2 Å². The lowest BCUT2D eigenvalue weighted by atomic mass is 10.1. The maximum absolute atomic E-state index is 5.57. The van der Waals surface area contributed by atoms with Crippen molar-refractivity contribution in [3.05, 3.63) is 54.2 Å². The second kappa shape index (κ2) is 11.0.